The number of unbranched alkanes of at least 4 members (excludes halogenated alkanes) is 2. The summed E-state index contributed by atoms with van der Waals surface area (Å²) >= 11 is 0. The van der Waals surface area contributed by atoms with Crippen LogP contribution in [-0.4, -0.2) is 15.0 Å². The Bertz CT molecular complexity index is 315. The molecule has 0 aliphatic rings. The molecule has 0 aromatic carbocycles. The number of nitrogens with zero attached hydrogens (tertiary/aromatic N) is 3. The van der Waals surface area contributed by atoms with Gasteiger partial charge in [0.25, 0.3) is 0 Å². The largest absolute Gasteiger partial charge is 0.249 e. The van der Waals surface area contributed by atoms with Crippen LogP contribution in [0.25, 0.3) is 0 Å². The fourth-order valence-electron chi connectivity index (χ4n) is 2.09. The maximum Gasteiger partial charge on any atom is 0.0725 e. The van der Waals surface area contributed by atoms with Gasteiger partial charge in [-0.3, -0.25) is 0 Å². The normalized spacial score (nSPS) is 11.7. The average Bonchev–Trinajstić information content (AvgIpc) is 2.73. The smallest absolute Gasteiger partial charge is 0.0725 e. The Morgan fingerprint density at radius 1 is 1.00 bits per heavy atom. The number of rotatable bonds is 9. The molecule has 3 heteroatoms. The van der Waals surface area contributed by atoms with Gasteiger partial charge in [-0.2, -0.15) is 0 Å². The van der Waals surface area contributed by atoms with E-state index in [4.69, 9.17) is 0 Å². The minimum Gasteiger partial charge on any atom is -0.249 e. The van der Waals surface area contributed by atoms with Crippen LogP contribution in [0, 0.1) is 11.8 Å². The summed E-state index contributed by atoms with van der Waals surface area (Å²) in [7, 11) is 0. The second-order valence-corrected chi connectivity index (χ2v) is 6.12. The molecule has 0 bridgehead atoms. The molecular weight excluding hydrogens is 222 g/mol. The molecule has 1 aromatic rings. The lowest BCUT2D eigenvalue weighted by Gasteiger charge is -2.08. The maximum absolute atomic E-state index is 4.19. The summed E-state index contributed by atoms with van der Waals surface area (Å²) in [6, 6.07) is 0. The SMILES string of the molecule is CC(C)CCCCCn1nncc1CCC(C)C. The van der Waals surface area contributed by atoms with E-state index >= 15 is 0 Å². The highest BCUT2D eigenvalue weighted by Gasteiger charge is 2.05. The first-order valence-electron chi connectivity index (χ1n) is 7.47. The fourth-order valence-corrected chi connectivity index (χ4v) is 2.09. The van der Waals surface area contributed by atoms with E-state index < -0.39 is 0 Å². The van der Waals surface area contributed by atoms with Crippen LogP contribution in [0.15, 0.2) is 6.20 Å². The average molecular weight is 251 g/mol. The quantitative estimate of drug-likeness (QED) is 0.619. The van der Waals surface area contributed by atoms with E-state index in [1.807, 2.05) is 6.20 Å². The van der Waals surface area contributed by atoms with Crippen LogP contribution in [0.1, 0.15) is 65.5 Å². The van der Waals surface area contributed by atoms with E-state index in [2.05, 4.69) is 42.7 Å². The molecule has 1 aromatic heterocycles. The van der Waals surface area contributed by atoms with E-state index in [0.29, 0.717) is 0 Å². The van der Waals surface area contributed by atoms with Gasteiger partial charge in [-0.1, -0.05) is 52.2 Å². The van der Waals surface area contributed by atoms with Crippen molar-refractivity contribution in [2.45, 2.75) is 72.8 Å². The predicted molar refractivity (Wildman–Crippen MR) is 76.5 cm³/mol. The summed E-state index contributed by atoms with van der Waals surface area (Å²) in [6.07, 6.45) is 9.48. The molecule has 1 rings (SSSR count). The summed E-state index contributed by atoms with van der Waals surface area (Å²) in [6.45, 7) is 10.1. The standard InChI is InChI=1S/C15H29N3/c1-13(2)8-6-5-7-11-18-15(12-16-17-18)10-9-14(3)4/h12-14H,5-11H2,1-4H3. The third kappa shape index (κ3) is 6.18. The molecule has 3 nitrogen and oxygen atoms in total. The van der Waals surface area contributed by atoms with Crippen molar-refractivity contribution in [1.82, 2.24) is 15.0 Å². The van der Waals surface area contributed by atoms with Crippen molar-refractivity contribution in [2.24, 2.45) is 11.8 Å². The summed E-state index contributed by atoms with van der Waals surface area (Å²) in [5.41, 5.74) is 1.30. The fraction of sp³-hybridized carbons (Fsp3) is 0.867. The zero-order valence-electron chi connectivity index (χ0n) is 12.5. The van der Waals surface area contributed by atoms with Gasteiger partial charge in [0.2, 0.25) is 0 Å². The van der Waals surface area contributed by atoms with Gasteiger partial charge in [-0.05, 0) is 31.1 Å². The molecule has 104 valence electrons. The lowest BCUT2D eigenvalue weighted by atomic mass is 10.1. The number of hydrogen-bond acceptors (Lipinski definition) is 2. The van der Waals surface area contributed by atoms with E-state index in [0.717, 1.165) is 24.8 Å². The molecule has 0 saturated carbocycles. The first kappa shape index (κ1) is 15.2. The first-order valence-corrected chi connectivity index (χ1v) is 7.47. The molecule has 0 unspecified atom stereocenters. The van der Waals surface area contributed by atoms with Crippen LogP contribution in [0.5, 0.6) is 0 Å². The summed E-state index contributed by atoms with van der Waals surface area (Å²) in [5.74, 6) is 1.58. The molecule has 0 aliphatic heterocycles. The highest BCUT2D eigenvalue weighted by molar-refractivity contribution is 4.94. The number of aryl methyl sites for hydroxylation is 2. The minimum absolute atomic E-state index is 0.749. The maximum atomic E-state index is 4.19. The zero-order chi connectivity index (χ0) is 13.4. The molecule has 18 heavy (non-hydrogen) atoms. The highest BCUT2D eigenvalue weighted by Crippen LogP contribution is 2.11. The van der Waals surface area contributed by atoms with Crippen LogP contribution in [0.4, 0.5) is 0 Å². The lowest BCUT2D eigenvalue weighted by Crippen LogP contribution is -2.06. The molecule has 0 amide bonds. The molecule has 0 saturated heterocycles. The second kappa shape index (κ2) is 8.28. The Labute approximate surface area is 112 Å². The molecule has 0 aliphatic carbocycles. The summed E-state index contributed by atoms with van der Waals surface area (Å²) in [4.78, 5) is 0. The lowest BCUT2D eigenvalue weighted by molar-refractivity contribution is 0.473. The molecule has 0 radical (unpaired) electrons. The Balaban J connectivity index is 2.23. The van der Waals surface area contributed by atoms with Crippen LogP contribution < -0.4 is 0 Å². The molecular formula is C15H29N3. The summed E-state index contributed by atoms with van der Waals surface area (Å²) < 4.78 is 2.09. The van der Waals surface area contributed by atoms with Crippen molar-refractivity contribution in [1.29, 1.82) is 0 Å². The van der Waals surface area contributed by atoms with Gasteiger partial charge in [-0.15, -0.1) is 5.10 Å². The van der Waals surface area contributed by atoms with E-state index in [-0.39, 0.29) is 0 Å². The molecule has 1 heterocycles. The van der Waals surface area contributed by atoms with Crippen LogP contribution in [0.3, 0.4) is 0 Å². The van der Waals surface area contributed by atoms with Gasteiger partial charge in [0.05, 0.1) is 11.9 Å². The van der Waals surface area contributed by atoms with Crippen LogP contribution in [0.2, 0.25) is 0 Å². The van der Waals surface area contributed by atoms with Gasteiger partial charge in [0.1, 0.15) is 0 Å². The van der Waals surface area contributed by atoms with E-state index in [1.165, 1.54) is 37.8 Å². The van der Waals surface area contributed by atoms with Gasteiger partial charge < -0.3 is 0 Å². The topological polar surface area (TPSA) is 30.7 Å². The van der Waals surface area contributed by atoms with Gasteiger partial charge in [0.15, 0.2) is 0 Å². The monoisotopic (exact) mass is 251 g/mol. The number of aromatic nitrogens is 3. The van der Waals surface area contributed by atoms with Crippen molar-refractivity contribution < 1.29 is 0 Å². The molecule has 0 N–H and O–H groups in total. The third-order valence-corrected chi connectivity index (χ3v) is 3.33. The Kier molecular flexibility index (Phi) is 6.99. The zero-order valence-corrected chi connectivity index (χ0v) is 12.5. The summed E-state index contributed by atoms with van der Waals surface area (Å²) in [5, 5.41) is 8.23. The Hall–Kier alpha value is -0.860. The van der Waals surface area contributed by atoms with E-state index in [1.54, 1.807) is 0 Å². The molecule has 0 atom stereocenters. The second-order valence-electron chi connectivity index (χ2n) is 6.12. The molecule has 0 spiro atoms. The first-order chi connectivity index (χ1) is 8.59. The molecule has 0 fully saturated rings. The van der Waals surface area contributed by atoms with E-state index in [9.17, 15) is 0 Å². The van der Waals surface area contributed by atoms with Gasteiger partial charge >= 0.3 is 0 Å². The van der Waals surface area contributed by atoms with Crippen molar-refractivity contribution in [2.75, 3.05) is 0 Å². The van der Waals surface area contributed by atoms with Crippen molar-refractivity contribution in [3.63, 3.8) is 0 Å². The van der Waals surface area contributed by atoms with Crippen molar-refractivity contribution in [3.05, 3.63) is 11.9 Å². The van der Waals surface area contributed by atoms with Crippen LogP contribution in [-0.2, 0) is 13.0 Å². The van der Waals surface area contributed by atoms with Crippen LogP contribution >= 0.6 is 0 Å². The minimum atomic E-state index is 0.749. The highest BCUT2D eigenvalue weighted by atomic mass is 15.4. The Morgan fingerprint density at radius 3 is 2.39 bits per heavy atom. The van der Waals surface area contributed by atoms with Crippen molar-refractivity contribution in [3.8, 4) is 0 Å². The predicted octanol–water partition coefficient (Wildman–Crippen LogP) is 4.08. The third-order valence-electron chi connectivity index (χ3n) is 3.33. The van der Waals surface area contributed by atoms with Gasteiger partial charge in [0, 0.05) is 6.54 Å². The number of hydrogen-bond donors (Lipinski definition) is 0. The Morgan fingerprint density at radius 2 is 1.72 bits per heavy atom. The van der Waals surface area contributed by atoms with Gasteiger partial charge in [-0.25, -0.2) is 4.68 Å². The van der Waals surface area contributed by atoms with Crippen molar-refractivity contribution >= 4 is 0 Å².